The van der Waals surface area contributed by atoms with Crippen LogP contribution >= 0.6 is 0 Å². The molecule has 1 fully saturated rings. The number of rotatable bonds is 2. The van der Waals surface area contributed by atoms with Crippen LogP contribution in [0.15, 0.2) is 0 Å². The fraction of sp³-hybridized carbons (Fsp3) is 0.889. The van der Waals surface area contributed by atoms with Crippen LogP contribution in [0.5, 0.6) is 0 Å². The lowest BCUT2D eigenvalue weighted by molar-refractivity contribution is -0.0477. The Labute approximate surface area is 86.7 Å². The lowest BCUT2D eigenvalue weighted by atomic mass is 9.87. The molecule has 0 spiro atoms. The minimum absolute atomic E-state index is 0.00115. The number of nitrogens with zero attached hydrogens (tertiary/aromatic N) is 4. The predicted molar refractivity (Wildman–Crippen MR) is 49.5 cm³/mol. The molecule has 1 saturated carbocycles. The van der Waals surface area contributed by atoms with Crippen molar-refractivity contribution in [3.63, 3.8) is 0 Å². The summed E-state index contributed by atoms with van der Waals surface area (Å²) < 4.78 is 27.5. The summed E-state index contributed by atoms with van der Waals surface area (Å²) in [5.74, 6) is -1.43. The molecule has 0 bridgehead atoms. The number of aryl methyl sites for hydroxylation is 1. The molecule has 2 rings (SSSR count). The predicted octanol–water partition coefficient (Wildman–Crippen LogP) is 1.81. The van der Waals surface area contributed by atoms with Gasteiger partial charge < -0.3 is 0 Å². The van der Waals surface area contributed by atoms with Gasteiger partial charge in [0.25, 0.3) is 0 Å². The Kier molecular flexibility index (Phi) is 2.67. The van der Waals surface area contributed by atoms with E-state index in [0.29, 0.717) is 19.4 Å². The number of hydrogen-bond acceptors (Lipinski definition) is 3. The van der Waals surface area contributed by atoms with Crippen molar-refractivity contribution >= 4 is 0 Å². The zero-order chi connectivity index (χ0) is 10.9. The summed E-state index contributed by atoms with van der Waals surface area (Å²) in [7, 11) is 0. The standard InChI is InChI=1S/C9H14F2N4/c1-7-12-13-14-15(7)6-8-2-4-9(10,11)5-3-8/h8H,2-6H2,1H3. The second kappa shape index (κ2) is 3.83. The largest absolute Gasteiger partial charge is 0.248 e. The molecule has 1 heterocycles. The van der Waals surface area contributed by atoms with Crippen molar-refractivity contribution in [2.45, 2.75) is 45.1 Å². The Morgan fingerprint density at radius 2 is 2.07 bits per heavy atom. The monoisotopic (exact) mass is 216 g/mol. The van der Waals surface area contributed by atoms with Crippen LogP contribution in [0.3, 0.4) is 0 Å². The van der Waals surface area contributed by atoms with E-state index in [1.165, 1.54) is 0 Å². The normalized spacial score (nSPS) is 21.8. The smallest absolute Gasteiger partial charge is 0.230 e. The van der Waals surface area contributed by atoms with Gasteiger partial charge in [0.2, 0.25) is 5.92 Å². The Balaban J connectivity index is 1.90. The molecular weight excluding hydrogens is 202 g/mol. The van der Waals surface area contributed by atoms with Crippen molar-refractivity contribution in [3.05, 3.63) is 5.82 Å². The second-order valence-electron chi connectivity index (χ2n) is 4.21. The van der Waals surface area contributed by atoms with E-state index in [-0.39, 0.29) is 18.8 Å². The highest BCUT2D eigenvalue weighted by atomic mass is 19.3. The van der Waals surface area contributed by atoms with E-state index in [9.17, 15) is 8.78 Å². The van der Waals surface area contributed by atoms with Crippen LogP contribution in [0, 0.1) is 12.8 Å². The van der Waals surface area contributed by atoms with E-state index in [2.05, 4.69) is 15.5 Å². The van der Waals surface area contributed by atoms with Crippen molar-refractivity contribution in [1.29, 1.82) is 0 Å². The summed E-state index contributed by atoms with van der Waals surface area (Å²) in [5.41, 5.74) is 0. The lowest BCUT2D eigenvalue weighted by Gasteiger charge is -2.27. The molecule has 0 atom stereocenters. The highest BCUT2D eigenvalue weighted by molar-refractivity contribution is 4.80. The molecule has 0 radical (unpaired) electrons. The molecule has 0 amide bonds. The van der Waals surface area contributed by atoms with E-state index in [1.54, 1.807) is 4.68 Å². The zero-order valence-corrected chi connectivity index (χ0v) is 8.66. The van der Waals surface area contributed by atoms with Gasteiger partial charge >= 0.3 is 0 Å². The third-order valence-corrected chi connectivity index (χ3v) is 2.98. The molecule has 1 aromatic heterocycles. The average Bonchev–Trinajstić information content (AvgIpc) is 2.56. The Bertz CT molecular complexity index is 327. The molecule has 0 N–H and O–H groups in total. The van der Waals surface area contributed by atoms with Gasteiger partial charge in [-0.25, -0.2) is 13.5 Å². The van der Waals surface area contributed by atoms with E-state index >= 15 is 0 Å². The maximum atomic E-state index is 12.9. The second-order valence-corrected chi connectivity index (χ2v) is 4.21. The van der Waals surface area contributed by atoms with Crippen molar-refractivity contribution in [2.24, 2.45) is 5.92 Å². The van der Waals surface area contributed by atoms with Crippen LogP contribution in [0.25, 0.3) is 0 Å². The summed E-state index contributed by atoms with van der Waals surface area (Å²) in [5, 5.41) is 11.1. The SMILES string of the molecule is Cc1nnnn1CC1CCC(F)(F)CC1. The molecule has 0 saturated heterocycles. The van der Waals surface area contributed by atoms with E-state index in [0.717, 1.165) is 5.82 Å². The number of alkyl halides is 2. The minimum Gasteiger partial charge on any atom is -0.230 e. The molecule has 4 nitrogen and oxygen atoms in total. The van der Waals surface area contributed by atoms with Crippen molar-refractivity contribution in [3.8, 4) is 0 Å². The minimum atomic E-state index is -2.45. The van der Waals surface area contributed by atoms with E-state index in [1.807, 2.05) is 6.92 Å². The zero-order valence-electron chi connectivity index (χ0n) is 8.66. The highest BCUT2D eigenvalue weighted by Crippen LogP contribution is 2.36. The molecule has 6 heteroatoms. The van der Waals surface area contributed by atoms with Crippen LogP contribution in [0.4, 0.5) is 8.78 Å². The molecule has 1 aliphatic rings. The van der Waals surface area contributed by atoms with Gasteiger partial charge in [-0.15, -0.1) is 5.10 Å². The quantitative estimate of drug-likeness (QED) is 0.757. The van der Waals surface area contributed by atoms with Gasteiger partial charge in [-0.2, -0.15) is 0 Å². The molecule has 0 aliphatic heterocycles. The first-order valence-corrected chi connectivity index (χ1v) is 5.17. The first-order chi connectivity index (χ1) is 7.07. The van der Waals surface area contributed by atoms with Crippen LogP contribution in [-0.4, -0.2) is 26.1 Å². The van der Waals surface area contributed by atoms with E-state index in [4.69, 9.17) is 0 Å². The maximum Gasteiger partial charge on any atom is 0.248 e. The summed E-state index contributed by atoms with van der Waals surface area (Å²) in [6.45, 7) is 2.48. The van der Waals surface area contributed by atoms with Crippen molar-refractivity contribution in [2.75, 3.05) is 0 Å². The van der Waals surface area contributed by atoms with Crippen LogP contribution in [0.1, 0.15) is 31.5 Å². The molecule has 84 valence electrons. The maximum absolute atomic E-state index is 12.9. The topological polar surface area (TPSA) is 43.6 Å². The molecule has 1 aromatic rings. The number of tetrazole rings is 1. The summed E-state index contributed by atoms with van der Waals surface area (Å²) in [6.07, 6.45) is 1.12. The third-order valence-electron chi connectivity index (χ3n) is 2.98. The van der Waals surface area contributed by atoms with Gasteiger partial charge in [-0.05, 0) is 36.1 Å². The number of halogens is 2. The molecule has 0 unspecified atom stereocenters. The molecule has 15 heavy (non-hydrogen) atoms. The van der Waals surface area contributed by atoms with Crippen molar-refractivity contribution < 1.29 is 8.78 Å². The van der Waals surface area contributed by atoms with E-state index < -0.39 is 5.92 Å². The average molecular weight is 216 g/mol. The Hall–Kier alpha value is -1.07. The van der Waals surface area contributed by atoms with Gasteiger partial charge in [0.1, 0.15) is 5.82 Å². The first-order valence-electron chi connectivity index (χ1n) is 5.17. The van der Waals surface area contributed by atoms with Crippen molar-refractivity contribution in [1.82, 2.24) is 20.2 Å². The van der Waals surface area contributed by atoms with Gasteiger partial charge in [0.05, 0.1) is 0 Å². The van der Waals surface area contributed by atoms with Crippen LogP contribution < -0.4 is 0 Å². The number of hydrogen-bond donors (Lipinski definition) is 0. The van der Waals surface area contributed by atoms with Gasteiger partial charge in [-0.1, -0.05) is 0 Å². The molecular formula is C9H14F2N4. The summed E-state index contributed by atoms with van der Waals surface area (Å²) in [6, 6.07) is 0. The first kappa shape index (κ1) is 10.4. The molecule has 1 aliphatic carbocycles. The van der Waals surface area contributed by atoms with Crippen LogP contribution in [0.2, 0.25) is 0 Å². The summed E-state index contributed by atoms with van der Waals surface area (Å²) >= 11 is 0. The molecule has 0 aromatic carbocycles. The van der Waals surface area contributed by atoms with Crippen LogP contribution in [-0.2, 0) is 6.54 Å². The fourth-order valence-corrected chi connectivity index (χ4v) is 1.95. The number of aromatic nitrogens is 4. The third kappa shape index (κ3) is 2.49. The lowest BCUT2D eigenvalue weighted by Crippen LogP contribution is -2.27. The highest BCUT2D eigenvalue weighted by Gasteiger charge is 2.35. The van der Waals surface area contributed by atoms with Gasteiger partial charge in [-0.3, -0.25) is 0 Å². The Morgan fingerprint density at radius 3 is 2.60 bits per heavy atom. The summed E-state index contributed by atoms with van der Waals surface area (Å²) in [4.78, 5) is 0. The Morgan fingerprint density at radius 1 is 1.40 bits per heavy atom. The van der Waals surface area contributed by atoms with Gasteiger partial charge in [0.15, 0.2) is 0 Å². The van der Waals surface area contributed by atoms with Gasteiger partial charge in [0, 0.05) is 19.4 Å². The fourth-order valence-electron chi connectivity index (χ4n) is 1.95.